The van der Waals surface area contributed by atoms with E-state index in [1.807, 2.05) is 4.90 Å². The highest BCUT2D eigenvalue weighted by molar-refractivity contribution is 6.03. The topological polar surface area (TPSA) is 85.5 Å². The van der Waals surface area contributed by atoms with Crippen molar-refractivity contribution in [3.8, 4) is 0 Å². The van der Waals surface area contributed by atoms with Crippen molar-refractivity contribution in [2.24, 2.45) is 0 Å². The van der Waals surface area contributed by atoms with Crippen molar-refractivity contribution in [3.05, 3.63) is 120 Å². The van der Waals surface area contributed by atoms with Crippen molar-refractivity contribution in [3.63, 3.8) is 0 Å². The molecule has 1 aliphatic heterocycles. The zero-order valence-corrected chi connectivity index (χ0v) is 27.3. The van der Waals surface area contributed by atoms with Crippen molar-refractivity contribution in [2.45, 2.75) is 32.0 Å². The number of fused-ring (bicyclic) bond motifs is 4. The van der Waals surface area contributed by atoms with E-state index in [0.29, 0.717) is 26.2 Å². The fourth-order valence-corrected chi connectivity index (χ4v) is 7.26. The molecule has 1 fully saturated rings. The summed E-state index contributed by atoms with van der Waals surface area (Å²) >= 11 is 0. The molecule has 7 rings (SSSR count). The van der Waals surface area contributed by atoms with Crippen LogP contribution in [-0.2, 0) is 22.7 Å². The molecule has 0 bridgehead atoms. The molecule has 0 saturated carbocycles. The maximum atomic E-state index is 13.1. The van der Waals surface area contributed by atoms with Gasteiger partial charge in [0.15, 0.2) is 0 Å². The van der Waals surface area contributed by atoms with Crippen LogP contribution >= 0.6 is 0 Å². The SMILES string of the molecule is O=C(CN1CCC[C@H]1C(=O)NCCNCc1c2ccccc2cc2ccccc12)NCCNCc1c2ccccc2cc2ccccc12. The Bertz CT molecular complexity index is 1970. The van der Waals surface area contributed by atoms with E-state index in [2.05, 4.69) is 130 Å². The highest BCUT2D eigenvalue weighted by Crippen LogP contribution is 2.29. The van der Waals surface area contributed by atoms with E-state index in [9.17, 15) is 9.59 Å². The normalized spacial score (nSPS) is 15.0. The smallest absolute Gasteiger partial charge is 0.237 e. The number of likely N-dealkylation sites (tertiary alicyclic amines) is 1. The molecule has 2 amide bonds. The van der Waals surface area contributed by atoms with Gasteiger partial charge in [0.1, 0.15) is 0 Å². The molecule has 6 aromatic rings. The van der Waals surface area contributed by atoms with Crippen LogP contribution in [0.5, 0.6) is 0 Å². The summed E-state index contributed by atoms with van der Waals surface area (Å²) in [5.74, 6) is -0.0437. The highest BCUT2D eigenvalue weighted by atomic mass is 16.2. The lowest BCUT2D eigenvalue weighted by molar-refractivity contribution is -0.127. The van der Waals surface area contributed by atoms with Gasteiger partial charge in [-0.25, -0.2) is 0 Å². The summed E-state index contributed by atoms with van der Waals surface area (Å²) in [5, 5.41) is 23.2. The van der Waals surface area contributed by atoms with Gasteiger partial charge in [-0.2, -0.15) is 0 Å². The molecule has 0 aliphatic carbocycles. The summed E-state index contributed by atoms with van der Waals surface area (Å²) in [6, 6.07) is 38.2. The number of carbonyl (C=O) groups is 2. The van der Waals surface area contributed by atoms with Crippen molar-refractivity contribution >= 4 is 54.9 Å². The molecule has 0 spiro atoms. The van der Waals surface area contributed by atoms with Gasteiger partial charge >= 0.3 is 0 Å². The Balaban J connectivity index is 0.849. The molecule has 1 aliphatic rings. The van der Waals surface area contributed by atoms with Gasteiger partial charge in [0, 0.05) is 39.3 Å². The van der Waals surface area contributed by atoms with Crippen LogP contribution in [0.25, 0.3) is 43.1 Å². The second-order valence-electron chi connectivity index (χ2n) is 12.7. The van der Waals surface area contributed by atoms with E-state index < -0.39 is 0 Å². The second kappa shape index (κ2) is 14.9. The first-order valence-electron chi connectivity index (χ1n) is 17.1. The van der Waals surface area contributed by atoms with E-state index in [1.54, 1.807) is 0 Å². The first kappa shape index (κ1) is 31.8. The van der Waals surface area contributed by atoms with E-state index in [0.717, 1.165) is 32.5 Å². The number of rotatable bonds is 13. The Hall–Kier alpha value is -4.82. The zero-order valence-electron chi connectivity index (χ0n) is 27.3. The average molecular weight is 638 g/mol. The molecule has 1 atom stereocenters. The first-order valence-corrected chi connectivity index (χ1v) is 17.1. The number of carbonyl (C=O) groups excluding carboxylic acids is 2. The molecule has 6 aromatic carbocycles. The largest absolute Gasteiger partial charge is 0.354 e. The van der Waals surface area contributed by atoms with Gasteiger partial charge in [-0.15, -0.1) is 0 Å². The molecule has 0 aromatic heterocycles. The van der Waals surface area contributed by atoms with Crippen LogP contribution in [0.3, 0.4) is 0 Å². The quantitative estimate of drug-likeness (QED) is 0.0940. The molecule has 7 nitrogen and oxygen atoms in total. The van der Waals surface area contributed by atoms with Crippen molar-refractivity contribution in [2.75, 3.05) is 39.3 Å². The summed E-state index contributed by atoms with van der Waals surface area (Å²) in [7, 11) is 0. The summed E-state index contributed by atoms with van der Waals surface area (Å²) in [4.78, 5) is 28.0. The van der Waals surface area contributed by atoms with Crippen LogP contribution in [-0.4, -0.2) is 62.0 Å². The Morgan fingerprint density at radius 3 is 1.50 bits per heavy atom. The van der Waals surface area contributed by atoms with E-state index in [-0.39, 0.29) is 24.4 Å². The minimum atomic E-state index is -0.268. The fourth-order valence-electron chi connectivity index (χ4n) is 7.26. The number of benzene rings is 6. The average Bonchev–Trinajstić information content (AvgIpc) is 3.58. The maximum Gasteiger partial charge on any atom is 0.237 e. The lowest BCUT2D eigenvalue weighted by Crippen LogP contribution is -2.48. The van der Waals surface area contributed by atoms with Gasteiger partial charge in [-0.1, -0.05) is 97.1 Å². The molecule has 4 N–H and O–H groups in total. The molecule has 0 unspecified atom stereocenters. The molecular weight excluding hydrogens is 594 g/mol. The van der Waals surface area contributed by atoms with Crippen molar-refractivity contribution < 1.29 is 9.59 Å². The third-order valence-corrected chi connectivity index (χ3v) is 9.61. The van der Waals surface area contributed by atoms with Gasteiger partial charge in [0.05, 0.1) is 12.6 Å². The minimum absolute atomic E-state index is 0.00157. The Morgan fingerprint density at radius 1 is 0.583 bits per heavy atom. The van der Waals surface area contributed by atoms with E-state index in [4.69, 9.17) is 0 Å². The second-order valence-corrected chi connectivity index (χ2v) is 12.7. The lowest BCUT2D eigenvalue weighted by Gasteiger charge is -2.23. The van der Waals surface area contributed by atoms with Crippen LogP contribution < -0.4 is 21.3 Å². The number of hydrogen-bond donors (Lipinski definition) is 4. The standard InChI is InChI=1S/C41H43N5O2/c47-40(44-21-19-42-26-37-33-14-5-1-10-29(33)24-30-11-2-6-15-34(30)37)28-46-23-9-18-39(46)41(48)45-22-20-43-27-38-35-16-7-3-12-31(35)25-32-13-4-8-17-36(32)38/h1-8,10-17,24-25,39,42-43H,9,18-23,26-28H2,(H,44,47)(H,45,48)/t39-/m0/s1. The summed E-state index contributed by atoms with van der Waals surface area (Å²) in [6.45, 7) is 4.83. The van der Waals surface area contributed by atoms with Gasteiger partial charge in [-0.05, 0) is 85.7 Å². The maximum absolute atomic E-state index is 13.1. The molecule has 48 heavy (non-hydrogen) atoms. The fraction of sp³-hybridized carbons (Fsp3) is 0.268. The van der Waals surface area contributed by atoms with Crippen LogP contribution in [0.15, 0.2) is 109 Å². The predicted molar refractivity (Wildman–Crippen MR) is 197 cm³/mol. The van der Waals surface area contributed by atoms with Crippen LogP contribution in [0.4, 0.5) is 0 Å². The first-order chi connectivity index (χ1) is 23.7. The molecule has 244 valence electrons. The van der Waals surface area contributed by atoms with Crippen LogP contribution in [0.1, 0.15) is 24.0 Å². The number of nitrogens with one attached hydrogen (secondary N) is 4. The van der Waals surface area contributed by atoms with Crippen LogP contribution in [0.2, 0.25) is 0 Å². The molecule has 7 heteroatoms. The lowest BCUT2D eigenvalue weighted by atomic mass is 9.97. The highest BCUT2D eigenvalue weighted by Gasteiger charge is 2.31. The number of amides is 2. The molecule has 1 saturated heterocycles. The molecule has 0 radical (unpaired) electrons. The van der Waals surface area contributed by atoms with Gasteiger partial charge in [0.2, 0.25) is 11.8 Å². The van der Waals surface area contributed by atoms with Gasteiger partial charge < -0.3 is 21.3 Å². The summed E-state index contributed by atoms with van der Waals surface area (Å²) in [5.41, 5.74) is 2.55. The van der Waals surface area contributed by atoms with Crippen molar-refractivity contribution in [1.29, 1.82) is 0 Å². The van der Waals surface area contributed by atoms with Gasteiger partial charge in [0.25, 0.3) is 0 Å². The monoisotopic (exact) mass is 637 g/mol. The summed E-state index contributed by atoms with van der Waals surface area (Å²) < 4.78 is 0. The minimum Gasteiger partial charge on any atom is -0.354 e. The van der Waals surface area contributed by atoms with E-state index in [1.165, 1.54) is 54.2 Å². The molecule has 1 heterocycles. The van der Waals surface area contributed by atoms with Crippen LogP contribution in [0, 0.1) is 0 Å². The predicted octanol–water partition coefficient (Wildman–Crippen LogP) is 5.88. The zero-order chi connectivity index (χ0) is 32.7. The Labute approximate surface area is 281 Å². The van der Waals surface area contributed by atoms with Gasteiger partial charge in [-0.3, -0.25) is 14.5 Å². The number of hydrogen-bond acceptors (Lipinski definition) is 5. The van der Waals surface area contributed by atoms with Crippen molar-refractivity contribution in [1.82, 2.24) is 26.2 Å². The van der Waals surface area contributed by atoms with E-state index >= 15 is 0 Å². The number of nitrogens with zero attached hydrogens (tertiary/aromatic N) is 1. The third-order valence-electron chi connectivity index (χ3n) is 9.61. The summed E-state index contributed by atoms with van der Waals surface area (Å²) in [6.07, 6.45) is 1.69. The third kappa shape index (κ3) is 7.04. The Kier molecular flexibility index (Phi) is 9.89. The Morgan fingerprint density at radius 2 is 1.02 bits per heavy atom. The molecular formula is C41H43N5O2.